The van der Waals surface area contributed by atoms with Crippen LogP contribution >= 0.6 is 15.9 Å². The van der Waals surface area contributed by atoms with Crippen molar-refractivity contribution < 1.29 is 4.74 Å². The molecule has 0 atom stereocenters. The van der Waals surface area contributed by atoms with Crippen LogP contribution in [0.3, 0.4) is 0 Å². The highest BCUT2D eigenvalue weighted by molar-refractivity contribution is 9.10. The minimum absolute atomic E-state index is 1.08. The summed E-state index contributed by atoms with van der Waals surface area (Å²) in [6.07, 6.45) is 7.24. The lowest BCUT2D eigenvalue weighted by molar-refractivity contribution is 0.411. The van der Waals surface area contributed by atoms with E-state index >= 15 is 0 Å². The Bertz CT molecular complexity index is 353. The minimum atomic E-state index is 1.08. The van der Waals surface area contributed by atoms with Crippen LogP contribution in [0.1, 0.15) is 11.1 Å². The fourth-order valence-electron chi connectivity index (χ4n) is 1.11. The van der Waals surface area contributed by atoms with Gasteiger partial charge in [0.25, 0.3) is 0 Å². The molecule has 1 heterocycles. The molecule has 0 saturated heterocycles. The summed E-state index contributed by atoms with van der Waals surface area (Å²) in [6, 6.07) is 6.13. The average molecular weight is 223 g/mol. The SMILES string of the molecule is Brc1ccc2c(c1)C=COC=C2. The van der Waals surface area contributed by atoms with Crippen molar-refractivity contribution in [1.82, 2.24) is 0 Å². The molecule has 0 bridgehead atoms. The van der Waals surface area contributed by atoms with Crippen LogP contribution in [-0.4, -0.2) is 0 Å². The Hall–Kier alpha value is -1.02. The molecule has 0 spiro atoms. The van der Waals surface area contributed by atoms with Crippen LogP contribution in [0.25, 0.3) is 12.2 Å². The molecule has 2 heteroatoms. The van der Waals surface area contributed by atoms with E-state index in [1.807, 2.05) is 18.2 Å². The van der Waals surface area contributed by atoms with E-state index in [1.165, 1.54) is 5.56 Å². The van der Waals surface area contributed by atoms with E-state index in [2.05, 4.69) is 28.1 Å². The molecule has 1 aliphatic rings. The molecule has 1 aromatic rings. The molecule has 0 aromatic heterocycles. The van der Waals surface area contributed by atoms with E-state index in [9.17, 15) is 0 Å². The molecule has 1 aromatic carbocycles. The summed E-state index contributed by atoms with van der Waals surface area (Å²) in [6.45, 7) is 0. The maximum atomic E-state index is 5.04. The van der Waals surface area contributed by atoms with Gasteiger partial charge in [0, 0.05) is 4.47 Å². The monoisotopic (exact) mass is 222 g/mol. The van der Waals surface area contributed by atoms with Crippen molar-refractivity contribution in [2.75, 3.05) is 0 Å². The zero-order valence-corrected chi connectivity index (χ0v) is 7.91. The molecule has 12 heavy (non-hydrogen) atoms. The Balaban J connectivity index is 2.58. The van der Waals surface area contributed by atoms with Gasteiger partial charge in [0.2, 0.25) is 0 Å². The molecular formula is C10H7BrO. The summed E-state index contributed by atoms with van der Waals surface area (Å²) in [5.74, 6) is 0. The van der Waals surface area contributed by atoms with Crippen molar-refractivity contribution in [3.63, 3.8) is 0 Å². The number of rotatable bonds is 0. The highest BCUT2D eigenvalue weighted by Gasteiger charge is 1.99. The molecule has 0 saturated carbocycles. The molecule has 2 rings (SSSR count). The normalized spacial score (nSPS) is 13.4. The second-order valence-corrected chi connectivity index (χ2v) is 3.43. The zero-order valence-electron chi connectivity index (χ0n) is 6.33. The van der Waals surface area contributed by atoms with Gasteiger partial charge in [0.15, 0.2) is 0 Å². The predicted molar refractivity (Wildman–Crippen MR) is 53.3 cm³/mol. The first-order valence-electron chi connectivity index (χ1n) is 3.64. The van der Waals surface area contributed by atoms with Crippen molar-refractivity contribution in [3.05, 3.63) is 46.3 Å². The van der Waals surface area contributed by atoms with Crippen LogP contribution in [0.2, 0.25) is 0 Å². The third-order valence-corrected chi connectivity index (χ3v) is 2.19. The van der Waals surface area contributed by atoms with Crippen molar-refractivity contribution in [1.29, 1.82) is 0 Å². The van der Waals surface area contributed by atoms with Gasteiger partial charge in [0.1, 0.15) is 0 Å². The second-order valence-electron chi connectivity index (χ2n) is 2.51. The van der Waals surface area contributed by atoms with Gasteiger partial charge in [-0.25, -0.2) is 0 Å². The third-order valence-electron chi connectivity index (χ3n) is 1.70. The Morgan fingerprint density at radius 3 is 2.58 bits per heavy atom. The summed E-state index contributed by atoms with van der Waals surface area (Å²) < 4.78 is 6.12. The fraction of sp³-hybridized carbons (Fsp3) is 0. The molecule has 0 unspecified atom stereocenters. The average Bonchev–Trinajstić information content (AvgIpc) is 2.28. The van der Waals surface area contributed by atoms with E-state index in [-0.39, 0.29) is 0 Å². The summed E-state index contributed by atoms with van der Waals surface area (Å²) in [4.78, 5) is 0. The van der Waals surface area contributed by atoms with Crippen molar-refractivity contribution in [2.45, 2.75) is 0 Å². The Morgan fingerprint density at radius 1 is 1.00 bits per heavy atom. The van der Waals surface area contributed by atoms with Crippen molar-refractivity contribution >= 4 is 28.1 Å². The lowest BCUT2D eigenvalue weighted by Gasteiger charge is -1.98. The van der Waals surface area contributed by atoms with Crippen LogP contribution in [0.5, 0.6) is 0 Å². The smallest absolute Gasteiger partial charge is 0.0907 e. The Labute approximate surface area is 79.5 Å². The lowest BCUT2D eigenvalue weighted by atomic mass is 10.1. The molecular weight excluding hydrogens is 216 g/mol. The number of hydrogen-bond acceptors (Lipinski definition) is 1. The van der Waals surface area contributed by atoms with Crippen LogP contribution < -0.4 is 0 Å². The highest BCUT2D eigenvalue weighted by Crippen LogP contribution is 2.20. The number of fused-ring (bicyclic) bond motifs is 1. The molecule has 0 fully saturated rings. The molecule has 0 aliphatic carbocycles. The first-order chi connectivity index (χ1) is 5.86. The van der Waals surface area contributed by atoms with Crippen LogP contribution in [0.15, 0.2) is 35.2 Å². The van der Waals surface area contributed by atoms with Gasteiger partial charge in [0.05, 0.1) is 12.5 Å². The van der Waals surface area contributed by atoms with E-state index < -0.39 is 0 Å². The predicted octanol–water partition coefficient (Wildman–Crippen LogP) is 3.42. The van der Waals surface area contributed by atoms with Gasteiger partial charge in [-0.15, -0.1) is 0 Å². The number of benzene rings is 1. The molecule has 60 valence electrons. The lowest BCUT2D eigenvalue weighted by Crippen LogP contribution is -1.78. The molecule has 0 N–H and O–H groups in total. The summed E-state index contributed by atoms with van der Waals surface area (Å²) in [5, 5.41) is 0. The maximum absolute atomic E-state index is 5.04. The quantitative estimate of drug-likeness (QED) is 0.654. The van der Waals surface area contributed by atoms with Crippen LogP contribution in [0.4, 0.5) is 0 Å². The summed E-state index contributed by atoms with van der Waals surface area (Å²) in [5.41, 5.74) is 2.34. The number of halogens is 1. The van der Waals surface area contributed by atoms with E-state index in [0.717, 1.165) is 10.0 Å². The van der Waals surface area contributed by atoms with Crippen molar-refractivity contribution in [3.8, 4) is 0 Å². The highest BCUT2D eigenvalue weighted by atomic mass is 79.9. The van der Waals surface area contributed by atoms with E-state index in [4.69, 9.17) is 4.74 Å². The molecule has 1 aliphatic heterocycles. The fourth-order valence-corrected chi connectivity index (χ4v) is 1.49. The minimum Gasteiger partial charge on any atom is -0.473 e. The third kappa shape index (κ3) is 1.43. The number of hydrogen-bond donors (Lipinski definition) is 0. The van der Waals surface area contributed by atoms with Gasteiger partial charge in [-0.3, -0.25) is 0 Å². The van der Waals surface area contributed by atoms with E-state index in [1.54, 1.807) is 12.5 Å². The molecule has 1 nitrogen and oxygen atoms in total. The Kier molecular flexibility index (Phi) is 2.00. The largest absolute Gasteiger partial charge is 0.473 e. The van der Waals surface area contributed by atoms with Crippen molar-refractivity contribution in [2.24, 2.45) is 0 Å². The van der Waals surface area contributed by atoms with Crippen LogP contribution in [-0.2, 0) is 4.74 Å². The van der Waals surface area contributed by atoms with Gasteiger partial charge in [-0.05, 0) is 35.4 Å². The van der Waals surface area contributed by atoms with Gasteiger partial charge >= 0.3 is 0 Å². The number of ether oxygens (including phenoxy) is 1. The molecule has 0 radical (unpaired) electrons. The zero-order chi connectivity index (χ0) is 8.39. The van der Waals surface area contributed by atoms with Gasteiger partial charge < -0.3 is 4.74 Å². The first-order valence-corrected chi connectivity index (χ1v) is 4.44. The van der Waals surface area contributed by atoms with Gasteiger partial charge in [-0.2, -0.15) is 0 Å². The van der Waals surface area contributed by atoms with Crippen LogP contribution in [0, 0.1) is 0 Å². The standard InChI is InChI=1S/C10H7BrO/c11-10-2-1-8-3-5-12-6-4-9(8)7-10/h1-7H. The topological polar surface area (TPSA) is 9.23 Å². The van der Waals surface area contributed by atoms with E-state index in [0.29, 0.717) is 0 Å². The maximum Gasteiger partial charge on any atom is 0.0907 e. The van der Waals surface area contributed by atoms with Gasteiger partial charge in [-0.1, -0.05) is 22.0 Å². The first kappa shape index (κ1) is 7.62. The summed E-state index contributed by atoms with van der Waals surface area (Å²) in [7, 11) is 0. The summed E-state index contributed by atoms with van der Waals surface area (Å²) >= 11 is 3.42. The Morgan fingerprint density at radius 2 is 1.75 bits per heavy atom. The molecule has 0 amide bonds. The second kappa shape index (κ2) is 3.15.